The zero-order chi connectivity index (χ0) is 19.9. The number of rotatable bonds is 8. The van der Waals surface area contributed by atoms with Crippen LogP contribution in [0.3, 0.4) is 0 Å². The van der Waals surface area contributed by atoms with Crippen LogP contribution in [0.4, 0.5) is 5.13 Å². The Labute approximate surface area is 169 Å². The number of amides is 2. The second-order valence-electron chi connectivity index (χ2n) is 7.16. The van der Waals surface area contributed by atoms with Crippen LogP contribution < -0.4 is 10.6 Å². The first-order valence-corrected chi connectivity index (χ1v) is 10.6. The molecule has 150 valence electrons. The molecule has 1 unspecified atom stereocenters. The van der Waals surface area contributed by atoms with Crippen LogP contribution >= 0.6 is 11.3 Å². The zero-order valence-electron chi connectivity index (χ0n) is 16.4. The van der Waals surface area contributed by atoms with E-state index in [-0.39, 0.29) is 23.8 Å². The fourth-order valence-electron chi connectivity index (χ4n) is 3.21. The molecule has 0 saturated carbocycles. The van der Waals surface area contributed by atoms with Crippen LogP contribution in [0.1, 0.15) is 60.0 Å². The third-order valence-corrected chi connectivity index (χ3v) is 5.65. The van der Waals surface area contributed by atoms with E-state index in [1.54, 1.807) is 12.1 Å². The molecular formula is C21H27N3O3S. The van der Waals surface area contributed by atoms with Gasteiger partial charge in [-0.05, 0) is 51.7 Å². The van der Waals surface area contributed by atoms with E-state index < -0.39 is 0 Å². The van der Waals surface area contributed by atoms with Crippen molar-refractivity contribution in [2.75, 3.05) is 18.5 Å². The van der Waals surface area contributed by atoms with Gasteiger partial charge >= 0.3 is 0 Å². The van der Waals surface area contributed by atoms with Gasteiger partial charge in [-0.1, -0.05) is 18.2 Å². The van der Waals surface area contributed by atoms with Crippen molar-refractivity contribution < 1.29 is 14.3 Å². The fraction of sp³-hybridized carbons (Fsp3) is 0.476. The van der Waals surface area contributed by atoms with Gasteiger partial charge in [-0.3, -0.25) is 14.9 Å². The van der Waals surface area contributed by atoms with E-state index >= 15 is 0 Å². The first-order valence-electron chi connectivity index (χ1n) is 9.80. The number of nitrogens with zero attached hydrogens (tertiary/aromatic N) is 1. The molecule has 2 aromatic rings. The monoisotopic (exact) mass is 401 g/mol. The van der Waals surface area contributed by atoms with Crippen LogP contribution in [0, 0.1) is 0 Å². The SMILES string of the molecule is CC(C)OCCCNC(=O)C1CCCc2sc(NC(=O)c3ccccc3)nc21. The smallest absolute Gasteiger partial charge is 0.257 e. The van der Waals surface area contributed by atoms with E-state index in [1.165, 1.54) is 11.3 Å². The number of hydrogen-bond donors (Lipinski definition) is 2. The van der Waals surface area contributed by atoms with E-state index in [4.69, 9.17) is 4.74 Å². The normalized spacial score (nSPS) is 15.9. The molecule has 1 atom stereocenters. The highest BCUT2D eigenvalue weighted by Crippen LogP contribution is 2.37. The topological polar surface area (TPSA) is 80.3 Å². The van der Waals surface area contributed by atoms with Gasteiger partial charge in [0.1, 0.15) is 0 Å². The first kappa shape index (κ1) is 20.5. The Morgan fingerprint density at radius 1 is 1.29 bits per heavy atom. The summed E-state index contributed by atoms with van der Waals surface area (Å²) < 4.78 is 5.50. The predicted molar refractivity (Wildman–Crippen MR) is 111 cm³/mol. The summed E-state index contributed by atoms with van der Waals surface area (Å²) in [5.74, 6) is -0.414. The van der Waals surface area contributed by atoms with Crippen LogP contribution in [-0.4, -0.2) is 36.1 Å². The van der Waals surface area contributed by atoms with Gasteiger partial charge < -0.3 is 10.1 Å². The van der Waals surface area contributed by atoms with Gasteiger partial charge in [0.25, 0.3) is 5.91 Å². The van der Waals surface area contributed by atoms with Crippen molar-refractivity contribution in [2.24, 2.45) is 0 Å². The van der Waals surface area contributed by atoms with E-state index in [0.29, 0.717) is 23.8 Å². The molecule has 0 bridgehead atoms. The van der Waals surface area contributed by atoms with E-state index in [2.05, 4.69) is 15.6 Å². The highest BCUT2D eigenvalue weighted by molar-refractivity contribution is 7.15. The van der Waals surface area contributed by atoms with Gasteiger partial charge in [0.05, 0.1) is 17.7 Å². The standard InChI is InChI=1S/C21H27N3O3S/c1-14(2)27-13-7-12-22-20(26)16-10-6-11-17-18(16)23-21(28-17)24-19(25)15-8-4-3-5-9-15/h3-5,8-9,14,16H,6-7,10-13H2,1-2H3,(H,22,26)(H,23,24,25). The van der Waals surface area contributed by atoms with Crippen LogP contribution in [0.15, 0.2) is 30.3 Å². The maximum Gasteiger partial charge on any atom is 0.257 e. The maximum atomic E-state index is 12.6. The highest BCUT2D eigenvalue weighted by atomic mass is 32.1. The minimum absolute atomic E-state index is 0.0109. The maximum absolute atomic E-state index is 12.6. The van der Waals surface area contributed by atoms with Gasteiger partial charge in [0.15, 0.2) is 5.13 Å². The molecule has 2 amide bonds. The van der Waals surface area contributed by atoms with Crippen LogP contribution in [0.2, 0.25) is 0 Å². The van der Waals surface area contributed by atoms with Crippen molar-refractivity contribution in [1.29, 1.82) is 0 Å². The summed E-state index contributed by atoms with van der Waals surface area (Å²) in [7, 11) is 0. The van der Waals surface area contributed by atoms with E-state index in [0.717, 1.165) is 36.3 Å². The van der Waals surface area contributed by atoms with Crippen LogP contribution in [0.25, 0.3) is 0 Å². The van der Waals surface area contributed by atoms with Crippen LogP contribution in [0.5, 0.6) is 0 Å². The quantitative estimate of drug-likeness (QED) is 0.660. The molecule has 1 aliphatic rings. The molecule has 6 nitrogen and oxygen atoms in total. The Morgan fingerprint density at radius 2 is 2.07 bits per heavy atom. The molecule has 2 N–H and O–H groups in total. The minimum atomic E-state index is -0.242. The number of fused-ring (bicyclic) bond motifs is 1. The van der Waals surface area contributed by atoms with Crippen molar-refractivity contribution in [3.63, 3.8) is 0 Å². The number of hydrogen-bond acceptors (Lipinski definition) is 5. The zero-order valence-corrected chi connectivity index (χ0v) is 17.2. The number of thiazole rings is 1. The molecule has 0 aliphatic heterocycles. The van der Waals surface area contributed by atoms with E-state index in [9.17, 15) is 9.59 Å². The van der Waals surface area contributed by atoms with Crippen LogP contribution in [-0.2, 0) is 16.0 Å². The third kappa shape index (κ3) is 5.39. The largest absolute Gasteiger partial charge is 0.379 e. The molecule has 0 fully saturated rings. The van der Waals surface area contributed by atoms with Gasteiger partial charge in [0, 0.05) is 23.6 Å². The number of nitrogens with one attached hydrogen (secondary N) is 2. The Balaban J connectivity index is 1.59. The molecule has 7 heteroatoms. The summed E-state index contributed by atoms with van der Waals surface area (Å²) >= 11 is 1.47. The number of carbonyl (C=O) groups excluding carboxylic acids is 2. The average molecular weight is 402 g/mol. The number of ether oxygens (including phenoxy) is 1. The Hall–Kier alpha value is -2.25. The van der Waals surface area contributed by atoms with Crippen molar-refractivity contribution in [3.8, 4) is 0 Å². The van der Waals surface area contributed by atoms with Crippen molar-refractivity contribution in [2.45, 2.75) is 51.6 Å². The number of anilines is 1. The molecule has 1 aromatic carbocycles. The third-order valence-electron chi connectivity index (χ3n) is 4.60. The molecule has 0 saturated heterocycles. The lowest BCUT2D eigenvalue weighted by atomic mass is 9.90. The number of aromatic nitrogens is 1. The molecular weight excluding hydrogens is 374 g/mol. The van der Waals surface area contributed by atoms with Gasteiger partial charge in [-0.15, -0.1) is 11.3 Å². The van der Waals surface area contributed by atoms with Gasteiger partial charge in [-0.2, -0.15) is 0 Å². The Kier molecular flexibility index (Phi) is 7.17. The molecule has 28 heavy (non-hydrogen) atoms. The Morgan fingerprint density at radius 3 is 2.82 bits per heavy atom. The lowest BCUT2D eigenvalue weighted by molar-refractivity contribution is -0.123. The molecule has 1 aliphatic carbocycles. The lowest BCUT2D eigenvalue weighted by Crippen LogP contribution is -2.32. The molecule has 0 spiro atoms. The van der Waals surface area contributed by atoms with Crippen molar-refractivity contribution >= 4 is 28.3 Å². The number of carbonyl (C=O) groups is 2. The van der Waals surface area contributed by atoms with Gasteiger partial charge in [0.2, 0.25) is 5.91 Å². The molecule has 0 radical (unpaired) electrons. The molecule has 1 aromatic heterocycles. The predicted octanol–water partition coefficient (Wildman–Crippen LogP) is 3.75. The average Bonchev–Trinajstić information content (AvgIpc) is 3.10. The summed E-state index contributed by atoms with van der Waals surface area (Å²) in [5, 5.41) is 6.43. The summed E-state index contributed by atoms with van der Waals surface area (Å²) in [6.45, 7) is 5.23. The highest BCUT2D eigenvalue weighted by Gasteiger charge is 2.30. The first-order chi connectivity index (χ1) is 13.5. The summed E-state index contributed by atoms with van der Waals surface area (Å²) in [6, 6.07) is 9.06. The van der Waals surface area contributed by atoms with Gasteiger partial charge in [-0.25, -0.2) is 4.98 Å². The summed E-state index contributed by atoms with van der Waals surface area (Å²) in [4.78, 5) is 30.7. The Bertz CT molecular complexity index is 804. The lowest BCUT2D eigenvalue weighted by Gasteiger charge is -2.20. The minimum Gasteiger partial charge on any atom is -0.379 e. The van der Waals surface area contributed by atoms with Crippen molar-refractivity contribution in [3.05, 3.63) is 46.5 Å². The number of benzene rings is 1. The molecule has 1 heterocycles. The fourth-order valence-corrected chi connectivity index (χ4v) is 4.27. The number of aryl methyl sites for hydroxylation is 1. The van der Waals surface area contributed by atoms with Crippen molar-refractivity contribution in [1.82, 2.24) is 10.3 Å². The summed E-state index contributed by atoms with van der Waals surface area (Å²) in [6.07, 6.45) is 3.64. The summed E-state index contributed by atoms with van der Waals surface area (Å²) in [5.41, 5.74) is 1.41. The van der Waals surface area contributed by atoms with E-state index in [1.807, 2.05) is 32.0 Å². The second kappa shape index (κ2) is 9.80. The molecule has 3 rings (SSSR count). The second-order valence-corrected chi connectivity index (χ2v) is 8.24.